The number of ether oxygens (including phenoxy) is 1. The Labute approximate surface area is 153 Å². The third-order valence-corrected chi connectivity index (χ3v) is 4.69. The van der Waals surface area contributed by atoms with Crippen LogP contribution in [0.3, 0.4) is 0 Å². The summed E-state index contributed by atoms with van der Waals surface area (Å²) in [7, 11) is 1.41. The molecule has 0 saturated carbocycles. The summed E-state index contributed by atoms with van der Waals surface area (Å²) >= 11 is 0. The number of hydrogen-bond donors (Lipinski definition) is 0. The lowest BCUT2D eigenvalue weighted by atomic mass is 10.0. The van der Waals surface area contributed by atoms with Crippen LogP contribution in [0.25, 0.3) is 0 Å². The summed E-state index contributed by atoms with van der Waals surface area (Å²) in [5.74, 6) is -0.339. The molecule has 1 aliphatic rings. The fourth-order valence-electron chi connectivity index (χ4n) is 3.57. The molecule has 0 bridgehead atoms. The number of esters is 1. The van der Waals surface area contributed by atoms with Gasteiger partial charge in [-0.2, -0.15) is 0 Å². The van der Waals surface area contributed by atoms with Gasteiger partial charge in [0.2, 0.25) is 0 Å². The molecule has 130 valence electrons. The van der Waals surface area contributed by atoms with Gasteiger partial charge in [0, 0.05) is 6.54 Å². The zero-order valence-electron chi connectivity index (χ0n) is 14.8. The molecule has 0 spiro atoms. The molecule has 4 rings (SSSR count). The van der Waals surface area contributed by atoms with Crippen molar-refractivity contribution in [1.29, 1.82) is 0 Å². The normalized spacial score (nSPS) is 12.4. The lowest BCUT2D eigenvalue weighted by Gasteiger charge is -2.40. The van der Waals surface area contributed by atoms with Crippen molar-refractivity contribution in [3.8, 4) is 0 Å². The number of benzene rings is 3. The van der Waals surface area contributed by atoms with Crippen LogP contribution in [0, 0.1) is 0 Å². The van der Waals surface area contributed by atoms with Crippen LogP contribution < -0.4 is 9.80 Å². The first-order valence-electron chi connectivity index (χ1n) is 8.69. The largest absolute Gasteiger partial charge is 0.465 e. The lowest BCUT2D eigenvalue weighted by molar-refractivity contribution is 0.0601. The summed E-state index contributed by atoms with van der Waals surface area (Å²) in [5, 5.41) is 0. The molecule has 0 unspecified atom stereocenters. The average Bonchev–Trinajstić information content (AvgIpc) is 2.71. The van der Waals surface area contributed by atoms with Crippen molar-refractivity contribution in [3.63, 3.8) is 0 Å². The molecule has 3 aromatic rings. The molecule has 0 saturated heterocycles. The van der Waals surface area contributed by atoms with Crippen LogP contribution in [0.15, 0.2) is 72.8 Å². The summed E-state index contributed by atoms with van der Waals surface area (Å²) in [6.07, 6.45) is 0. The Kier molecular flexibility index (Phi) is 4.09. The van der Waals surface area contributed by atoms with Crippen LogP contribution in [-0.4, -0.2) is 19.6 Å². The highest BCUT2D eigenvalue weighted by Crippen LogP contribution is 2.51. The van der Waals surface area contributed by atoms with Crippen molar-refractivity contribution in [2.24, 2.45) is 0 Å². The first kappa shape index (κ1) is 16.2. The maximum Gasteiger partial charge on any atom is 0.339 e. The minimum Gasteiger partial charge on any atom is -0.465 e. The quantitative estimate of drug-likeness (QED) is 0.594. The van der Waals surface area contributed by atoms with Gasteiger partial charge in [0.15, 0.2) is 0 Å². The average molecular weight is 344 g/mol. The van der Waals surface area contributed by atoms with Gasteiger partial charge in [0.05, 0.1) is 41.1 Å². The zero-order chi connectivity index (χ0) is 18.1. The molecule has 1 heterocycles. The van der Waals surface area contributed by atoms with Gasteiger partial charge in [-0.1, -0.05) is 36.4 Å². The highest BCUT2D eigenvalue weighted by Gasteiger charge is 2.30. The van der Waals surface area contributed by atoms with Gasteiger partial charge in [0.25, 0.3) is 0 Å². The molecule has 3 aromatic carbocycles. The molecule has 26 heavy (non-hydrogen) atoms. The monoisotopic (exact) mass is 344 g/mol. The smallest absolute Gasteiger partial charge is 0.339 e. The van der Waals surface area contributed by atoms with E-state index in [0.717, 1.165) is 35.0 Å². The van der Waals surface area contributed by atoms with Crippen LogP contribution in [-0.2, 0) is 4.74 Å². The Morgan fingerprint density at radius 1 is 0.769 bits per heavy atom. The topological polar surface area (TPSA) is 32.8 Å². The summed E-state index contributed by atoms with van der Waals surface area (Å²) in [6, 6.07) is 24.1. The fourth-order valence-corrected chi connectivity index (χ4v) is 3.57. The number of carbonyl (C=O) groups excluding carboxylic acids is 1. The SMILES string of the molecule is CCN1c2ccccc2N(c2ccccc2C(=O)OC)c2ccccc21. The van der Waals surface area contributed by atoms with E-state index in [1.807, 2.05) is 42.5 Å². The third kappa shape index (κ3) is 2.42. The molecule has 0 aromatic heterocycles. The number of methoxy groups -OCH3 is 1. The summed E-state index contributed by atoms with van der Waals surface area (Å²) in [6.45, 7) is 3.01. The number of carbonyl (C=O) groups is 1. The summed E-state index contributed by atoms with van der Waals surface area (Å²) in [4.78, 5) is 16.8. The van der Waals surface area contributed by atoms with Gasteiger partial charge in [-0.25, -0.2) is 4.79 Å². The number of nitrogens with zero attached hydrogens (tertiary/aromatic N) is 2. The second-order valence-electron chi connectivity index (χ2n) is 6.07. The Bertz CT molecular complexity index is 920. The van der Waals surface area contributed by atoms with Gasteiger partial charge in [-0.3, -0.25) is 0 Å². The second-order valence-corrected chi connectivity index (χ2v) is 6.07. The van der Waals surface area contributed by atoms with Crippen molar-refractivity contribution < 1.29 is 9.53 Å². The molecule has 1 aliphatic heterocycles. The number of hydrogen-bond acceptors (Lipinski definition) is 4. The standard InChI is InChI=1S/C22H20N2O2/c1-3-23-18-12-6-8-14-20(18)24(21-15-9-7-13-19(21)23)17-11-5-4-10-16(17)22(25)26-2/h4-15H,3H2,1-2H3. The van der Waals surface area contributed by atoms with Crippen molar-refractivity contribution in [3.05, 3.63) is 78.4 Å². The number of fused-ring (bicyclic) bond motifs is 2. The van der Waals surface area contributed by atoms with Crippen LogP contribution >= 0.6 is 0 Å². The molecule has 0 aliphatic carbocycles. The third-order valence-electron chi connectivity index (χ3n) is 4.69. The van der Waals surface area contributed by atoms with E-state index in [1.165, 1.54) is 7.11 Å². The first-order chi connectivity index (χ1) is 12.8. The first-order valence-corrected chi connectivity index (χ1v) is 8.69. The molecular weight excluding hydrogens is 324 g/mol. The van der Waals surface area contributed by atoms with E-state index in [9.17, 15) is 4.79 Å². The van der Waals surface area contributed by atoms with E-state index >= 15 is 0 Å². The Balaban J connectivity index is 2.01. The van der Waals surface area contributed by atoms with E-state index in [-0.39, 0.29) is 5.97 Å². The molecule has 0 atom stereocenters. The summed E-state index contributed by atoms with van der Waals surface area (Å²) < 4.78 is 5.01. The van der Waals surface area contributed by atoms with Crippen molar-refractivity contribution in [2.45, 2.75) is 6.92 Å². The number of anilines is 5. The van der Waals surface area contributed by atoms with E-state index < -0.39 is 0 Å². The van der Waals surface area contributed by atoms with Crippen LogP contribution in [0.4, 0.5) is 28.4 Å². The zero-order valence-corrected chi connectivity index (χ0v) is 14.8. The van der Waals surface area contributed by atoms with E-state index in [4.69, 9.17) is 4.74 Å². The van der Waals surface area contributed by atoms with E-state index in [2.05, 4.69) is 41.0 Å². The van der Waals surface area contributed by atoms with E-state index in [0.29, 0.717) is 5.56 Å². The van der Waals surface area contributed by atoms with Gasteiger partial charge in [-0.15, -0.1) is 0 Å². The van der Waals surface area contributed by atoms with E-state index in [1.54, 1.807) is 6.07 Å². The van der Waals surface area contributed by atoms with Crippen molar-refractivity contribution >= 4 is 34.4 Å². The maximum atomic E-state index is 12.4. The minimum atomic E-state index is -0.339. The molecular formula is C22H20N2O2. The Morgan fingerprint density at radius 3 is 1.73 bits per heavy atom. The van der Waals surface area contributed by atoms with Crippen molar-refractivity contribution in [1.82, 2.24) is 0 Å². The highest BCUT2D eigenvalue weighted by atomic mass is 16.5. The second kappa shape index (κ2) is 6.56. The molecule has 0 radical (unpaired) electrons. The number of rotatable bonds is 3. The maximum absolute atomic E-state index is 12.4. The lowest BCUT2D eigenvalue weighted by Crippen LogP contribution is -2.27. The predicted octanol–water partition coefficient (Wildman–Crippen LogP) is 5.41. The fraction of sp³-hybridized carbons (Fsp3) is 0.136. The van der Waals surface area contributed by atoms with Gasteiger partial charge < -0.3 is 14.5 Å². The Morgan fingerprint density at radius 2 is 1.23 bits per heavy atom. The predicted molar refractivity (Wildman–Crippen MR) is 105 cm³/mol. The summed E-state index contributed by atoms with van der Waals surface area (Å²) in [5.41, 5.74) is 5.69. The van der Waals surface area contributed by atoms with Gasteiger partial charge >= 0.3 is 5.97 Å². The van der Waals surface area contributed by atoms with Crippen LogP contribution in [0.2, 0.25) is 0 Å². The molecule has 0 fully saturated rings. The molecule has 4 heteroatoms. The van der Waals surface area contributed by atoms with Gasteiger partial charge in [-0.05, 0) is 43.3 Å². The minimum absolute atomic E-state index is 0.339. The van der Waals surface area contributed by atoms with Crippen LogP contribution in [0.1, 0.15) is 17.3 Å². The molecule has 4 nitrogen and oxygen atoms in total. The molecule has 0 N–H and O–H groups in total. The van der Waals surface area contributed by atoms with Crippen LogP contribution in [0.5, 0.6) is 0 Å². The molecule has 0 amide bonds. The van der Waals surface area contributed by atoms with Crippen molar-refractivity contribution in [2.75, 3.05) is 23.5 Å². The highest BCUT2D eigenvalue weighted by molar-refractivity contribution is 6.04. The Hall–Kier alpha value is -3.27. The number of para-hydroxylation sites is 5. The van der Waals surface area contributed by atoms with Gasteiger partial charge in [0.1, 0.15) is 0 Å².